The van der Waals surface area contributed by atoms with E-state index in [2.05, 4.69) is 81.3 Å². The number of nitrogens with zero attached hydrogens (tertiary/aromatic N) is 5. The second-order valence-corrected chi connectivity index (χ2v) is 8.45. The van der Waals surface area contributed by atoms with Crippen LogP contribution in [0.2, 0.25) is 0 Å². The van der Waals surface area contributed by atoms with E-state index in [0.717, 1.165) is 53.9 Å². The van der Waals surface area contributed by atoms with Crippen LogP contribution in [0, 0.1) is 6.92 Å². The highest BCUT2D eigenvalue weighted by Crippen LogP contribution is 2.20. The molecule has 0 radical (unpaired) electrons. The number of piperazine rings is 1. The third-order valence-corrected chi connectivity index (χ3v) is 6.12. The summed E-state index contributed by atoms with van der Waals surface area (Å²) in [5.74, 6) is 1.76. The average Bonchev–Trinajstić information content (AvgIpc) is 2.85. The lowest BCUT2D eigenvalue weighted by Crippen LogP contribution is -2.45. The number of aromatic nitrogens is 2. The quantitative estimate of drug-likeness (QED) is 0.597. The van der Waals surface area contributed by atoms with E-state index in [-0.39, 0.29) is 0 Å². The molecule has 0 amide bonds. The Hall–Kier alpha value is -3.51. The number of pyridine rings is 2. The fourth-order valence-corrected chi connectivity index (χ4v) is 4.07. The Kier molecular flexibility index (Phi) is 7.15. The summed E-state index contributed by atoms with van der Waals surface area (Å²) in [4.78, 5) is 18.0. The number of aliphatic imine (C=N–C) groups is 1. The Balaban J connectivity index is 1.52. The molecule has 1 saturated heterocycles. The van der Waals surface area contributed by atoms with Crippen LogP contribution in [0.25, 0.3) is 23.0 Å². The van der Waals surface area contributed by atoms with Gasteiger partial charge < -0.3 is 15.1 Å². The smallest absolute Gasteiger partial charge is 0.134 e. The molecule has 1 N–H and O–H groups in total. The van der Waals surface area contributed by atoms with Gasteiger partial charge in [-0.1, -0.05) is 30.3 Å². The minimum Gasteiger partial charge on any atom is -0.365 e. The van der Waals surface area contributed by atoms with Crippen molar-refractivity contribution < 1.29 is 0 Å². The van der Waals surface area contributed by atoms with E-state index in [4.69, 9.17) is 4.98 Å². The second-order valence-electron chi connectivity index (χ2n) is 8.45. The highest BCUT2D eigenvalue weighted by atomic mass is 15.3. The van der Waals surface area contributed by atoms with Crippen molar-refractivity contribution in [2.24, 2.45) is 4.99 Å². The van der Waals surface area contributed by atoms with Gasteiger partial charge in [-0.05, 0) is 67.7 Å². The number of nitrogens with one attached hydrogen (secondary N) is 1. The minimum absolute atomic E-state index is 0.660. The summed E-state index contributed by atoms with van der Waals surface area (Å²) in [6.45, 7) is 12.6. The van der Waals surface area contributed by atoms with Gasteiger partial charge in [-0.15, -0.1) is 0 Å². The van der Waals surface area contributed by atoms with Crippen LogP contribution in [0.3, 0.4) is 0 Å². The number of anilines is 1. The topological polar surface area (TPSA) is 56.7 Å². The van der Waals surface area contributed by atoms with Gasteiger partial charge in [-0.2, -0.15) is 0 Å². The molecule has 1 aliphatic heterocycles. The van der Waals surface area contributed by atoms with Gasteiger partial charge in [0.1, 0.15) is 11.6 Å². The van der Waals surface area contributed by atoms with Crippen molar-refractivity contribution in [3.63, 3.8) is 0 Å². The number of aryl methyl sites for hydroxylation is 1. The van der Waals surface area contributed by atoms with Gasteiger partial charge in [0, 0.05) is 56.0 Å². The number of hydrogen-bond donors (Lipinski definition) is 1. The maximum Gasteiger partial charge on any atom is 0.134 e. The monoisotopic (exact) mass is 440 g/mol. The lowest BCUT2D eigenvalue weighted by Gasteiger charge is -2.33. The maximum atomic E-state index is 4.75. The van der Waals surface area contributed by atoms with E-state index in [0.29, 0.717) is 6.54 Å². The van der Waals surface area contributed by atoms with Crippen LogP contribution in [0.15, 0.2) is 59.9 Å². The maximum absolute atomic E-state index is 4.75. The van der Waals surface area contributed by atoms with Crippen LogP contribution in [-0.2, 0) is 6.54 Å². The van der Waals surface area contributed by atoms with E-state index >= 15 is 0 Å². The molecule has 6 heteroatoms. The molecule has 170 valence electrons. The summed E-state index contributed by atoms with van der Waals surface area (Å²) in [5.41, 5.74) is 4.55. The third kappa shape index (κ3) is 5.46. The highest BCUT2D eigenvalue weighted by Gasteiger charge is 2.15. The Morgan fingerprint density at radius 3 is 2.48 bits per heavy atom. The van der Waals surface area contributed by atoms with Gasteiger partial charge in [0.25, 0.3) is 0 Å². The first-order valence-electron chi connectivity index (χ1n) is 11.4. The van der Waals surface area contributed by atoms with Crippen molar-refractivity contribution in [2.75, 3.05) is 38.1 Å². The Morgan fingerprint density at radius 2 is 1.82 bits per heavy atom. The molecule has 0 atom stereocenters. The van der Waals surface area contributed by atoms with Crippen molar-refractivity contribution in [3.05, 3.63) is 76.6 Å². The molecule has 3 heterocycles. The van der Waals surface area contributed by atoms with Crippen molar-refractivity contribution in [1.29, 1.82) is 0 Å². The van der Waals surface area contributed by atoms with Gasteiger partial charge >= 0.3 is 0 Å². The first kappa shape index (κ1) is 22.7. The van der Waals surface area contributed by atoms with E-state index in [9.17, 15) is 0 Å². The molecule has 0 spiro atoms. The zero-order chi connectivity index (χ0) is 23.2. The first-order chi connectivity index (χ1) is 16.1. The molecule has 0 aliphatic carbocycles. The van der Waals surface area contributed by atoms with Crippen molar-refractivity contribution in [3.8, 4) is 11.1 Å². The molecule has 0 bridgehead atoms. The predicted molar refractivity (Wildman–Crippen MR) is 138 cm³/mol. The molecule has 4 rings (SSSR count). The summed E-state index contributed by atoms with van der Waals surface area (Å²) in [5, 5.41) is 5.52. The van der Waals surface area contributed by atoms with Crippen LogP contribution in [0.5, 0.6) is 0 Å². The van der Waals surface area contributed by atoms with Gasteiger partial charge in [0.05, 0.1) is 0 Å². The van der Waals surface area contributed by atoms with Crippen molar-refractivity contribution in [1.82, 2.24) is 20.2 Å². The Labute approximate surface area is 196 Å². The molecular weight excluding hydrogens is 408 g/mol. The zero-order valence-electron chi connectivity index (χ0n) is 19.8. The normalized spacial score (nSPS) is 16.0. The summed E-state index contributed by atoms with van der Waals surface area (Å²) in [6.07, 6.45) is 5.87. The summed E-state index contributed by atoms with van der Waals surface area (Å²) < 4.78 is 0. The molecule has 0 unspecified atom stereocenters. The summed E-state index contributed by atoms with van der Waals surface area (Å²) >= 11 is 0. The van der Waals surface area contributed by atoms with E-state index in [1.165, 1.54) is 16.7 Å². The minimum atomic E-state index is 0.660. The molecule has 0 saturated carbocycles. The number of hydrogen-bond acceptors (Lipinski definition) is 6. The Morgan fingerprint density at radius 1 is 1.06 bits per heavy atom. The third-order valence-electron chi connectivity index (χ3n) is 6.12. The molecule has 3 aromatic rings. The molecule has 1 aliphatic rings. The van der Waals surface area contributed by atoms with Gasteiger partial charge in [0.2, 0.25) is 0 Å². The fourth-order valence-electron chi connectivity index (χ4n) is 4.07. The van der Waals surface area contributed by atoms with Crippen molar-refractivity contribution >= 4 is 24.4 Å². The first-order valence-corrected chi connectivity index (χ1v) is 11.4. The van der Waals surface area contributed by atoms with Gasteiger partial charge in [-0.3, -0.25) is 4.98 Å². The molecular formula is C27H32N6. The van der Waals surface area contributed by atoms with Gasteiger partial charge in [-0.25, -0.2) is 9.98 Å². The van der Waals surface area contributed by atoms with Crippen LogP contribution >= 0.6 is 0 Å². The van der Waals surface area contributed by atoms with Crippen LogP contribution < -0.4 is 20.7 Å². The molecule has 2 aromatic heterocycles. The number of rotatable bonds is 6. The molecule has 33 heavy (non-hydrogen) atoms. The largest absolute Gasteiger partial charge is 0.365 e. The molecule has 6 nitrogen and oxygen atoms in total. The highest BCUT2D eigenvalue weighted by molar-refractivity contribution is 5.63. The zero-order valence-corrected chi connectivity index (χ0v) is 19.8. The fraction of sp³-hybridized carbons (Fsp3) is 0.296. The summed E-state index contributed by atoms with van der Waals surface area (Å²) in [6, 6.07) is 14.9. The lowest BCUT2D eigenvalue weighted by molar-refractivity contribution is 0.312. The molecule has 1 aromatic carbocycles. The van der Waals surface area contributed by atoms with Crippen LogP contribution in [0.1, 0.15) is 18.2 Å². The van der Waals surface area contributed by atoms with Crippen molar-refractivity contribution in [2.45, 2.75) is 20.4 Å². The number of benzene rings is 1. The predicted octanol–water partition coefficient (Wildman–Crippen LogP) is 2.56. The second kappa shape index (κ2) is 10.4. The van der Waals surface area contributed by atoms with E-state index in [1.54, 1.807) is 0 Å². The lowest BCUT2D eigenvalue weighted by atomic mass is 10.0. The standard InChI is InChI=1S/C27H32N6/c1-5-22-17-26(33-14-12-32(4)13-15-33)30-19-25(22)27(28-3)31-18-21-6-8-23(9-7-21)24-10-11-29-20(2)16-24/h5-11,16-17,19,31H,3,12-15,18H2,1-2,4H3/b22-5-,27-25+. The van der Waals surface area contributed by atoms with Crippen LogP contribution in [-0.4, -0.2) is 54.8 Å². The summed E-state index contributed by atoms with van der Waals surface area (Å²) in [7, 11) is 2.16. The molecule has 1 fully saturated rings. The van der Waals surface area contributed by atoms with E-state index in [1.807, 2.05) is 32.3 Å². The van der Waals surface area contributed by atoms with Crippen LogP contribution in [0.4, 0.5) is 5.82 Å². The Bertz CT molecular complexity index is 1220. The number of likely N-dealkylation sites (N-methyl/N-ethyl adjacent to an activating group) is 1. The van der Waals surface area contributed by atoms with Gasteiger partial charge in [0.15, 0.2) is 0 Å². The average molecular weight is 441 g/mol. The SMILES string of the molecule is C=N/C(NCc1ccc(-c2ccnc(C)c2)cc1)=c1/cnc(N2CCN(C)CC2)c/c1=C/C. The van der Waals surface area contributed by atoms with E-state index < -0.39 is 0 Å².